The van der Waals surface area contributed by atoms with E-state index in [4.69, 9.17) is 10.5 Å². The Morgan fingerprint density at radius 1 is 1.05 bits per heavy atom. The third-order valence-electron chi connectivity index (χ3n) is 6.74. The number of hydrogen-bond donors (Lipinski definition) is 3. The molecule has 4 amide bonds. The predicted octanol–water partition coefficient (Wildman–Crippen LogP) is 4.06. The maximum absolute atomic E-state index is 14.3. The van der Waals surface area contributed by atoms with Gasteiger partial charge in [-0.05, 0) is 64.5 Å². The molecule has 0 aromatic heterocycles. The van der Waals surface area contributed by atoms with Gasteiger partial charge in [0.05, 0.1) is 0 Å². The van der Waals surface area contributed by atoms with Gasteiger partial charge < -0.3 is 26.0 Å². The van der Waals surface area contributed by atoms with Crippen LogP contribution in [0.1, 0.15) is 75.3 Å². The molecule has 1 aliphatic carbocycles. The quantitative estimate of drug-likeness (QED) is 0.388. The number of carbonyl (C=O) groups excluding carboxylic acids is 4. The van der Waals surface area contributed by atoms with Crippen LogP contribution in [-0.2, 0) is 25.7 Å². The van der Waals surface area contributed by atoms with Gasteiger partial charge in [-0.3, -0.25) is 14.4 Å². The fraction of sp³-hybridized carbons (Fsp3) is 0.484. The predicted molar refractivity (Wildman–Crippen MR) is 153 cm³/mol. The Bertz CT molecular complexity index is 1200. The summed E-state index contributed by atoms with van der Waals surface area (Å²) in [5, 5.41) is 5.65. The summed E-state index contributed by atoms with van der Waals surface area (Å²) in [5.41, 5.74) is 8.15. The number of rotatable bonds is 11. The van der Waals surface area contributed by atoms with E-state index in [0.717, 1.165) is 16.7 Å². The molecule has 4 N–H and O–H groups in total. The first kappa shape index (κ1) is 30.7. The second kappa shape index (κ2) is 13.0. The van der Waals surface area contributed by atoms with Crippen LogP contribution in [0, 0.1) is 19.8 Å². The first-order chi connectivity index (χ1) is 18.7. The van der Waals surface area contributed by atoms with E-state index in [0.29, 0.717) is 18.5 Å². The number of amides is 4. The largest absolute Gasteiger partial charge is 0.444 e. The van der Waals surface area contributed by atoms with Gasteiger partial charge in [0.25, 0.3) is 0 Å². The van der Waals surface area contributed by atoms with Crippen LogP contribution in [0.15, 0.2) is 48.5 Å². The van der Waals surface area contributed by atoms with Crippen LogP contribution in [0.2, 0.25) is 0 Å². The summed E-state index contributed by atoms with van der Waals surface area (Å²) in [7, 11) is 0. The van der Waals surface area contributed by atoms with Crippen molar-refractivity contribution in [1.82, 2.24) is 15.5 Å². The molecule has 0 aliphatic heterocycles. The Hall–Kier alpha value is -3.88. The Morgan fingerprint density at radius 2 is 1.65 bits per heavy atom. The molecule has 0 saturated heterocycles. The highest BCUT2D eigenvalue weighted by atomic mass is 16.6. The van der Waals surface area contributed by atoms with Crippen molar-refractivity contribution in [2.24, 2.45) is 11.7 Å². The SMILES string of the molecule is Cc1cc(C)cc(C(C(=O)NCc2ccccc2)N(C(=O)C(CCC(N)=O)NC(=O)OC(C)(C)C)C2CC2C)c1. The summed E-state index contributed by atoms with van der Waals surface area (Å²) in [5.74, 6) is -1.22. The number of nitrogens with zero attached hydrogens (tertiary/aromatic N) is 1. The number of nitrogens with two attached hydrogens (primary N) is 1. The molecule has 9 heteroatoms. The third kappa shape index (κ3) is 8.83. The van der Waals surface area contributed by atoms with Gasteiger partial charge in [-0.25, -0.2) is 4.79 Å². The molecule has 0 radical (unpaired) electrons. The molecule has 4 atom stereocenters. The van der Waals surface area contributed by atoms with Gasteiger partial charge in [0.1, 0.15) is 17.7 Å². The monoisotopic (exact) mass is 550 g/mol. The fourth-order valence-corrected chi connectivity index (χ4v) is 4.83. The summed E-state index contributed by atoms with van der Waals surface area (Å²) in [6.07, 6.45) is -0.200. The Morgan fingerprint density at radius 3 is 2.17 bits per heavy atom. The number of alkyl carbamates (subject to hydrolysis) is 1. The average Bonchev–Trinajstić information content (AvgIpc) is 3.57. The molecule has 0 spiro atoms. The van der Waals surface area contributed by atoms with Crippen molar-refractivity contribution < 1.29 is 23.9 Å². The highest BCUT2D eigenvalue weighted by Gasteiger charge is 2.48. The number of aryl methyl sites for hydroxylation is 2. The zero-order chi connectivity index (χ0) is 29.6. The lowest BCUT2D eigenvalue weighted by Gasteiger charge is -2.35. The number of carbonyl (C=O) groups is 4. The first-order valence-electron chi connectivity index (χ1n) is 13.7. The Kier molecular flexibility index (Phi) is 9.95. The highest BCUT2D eigenvalue weighted by Crippen LogP contribution is 2.41. The molecule has 4 unspecified atom stereocenters. The molecule has 2 aromatic carbocycles. The molecule has 40 heavy (non-hydrogen) atoms. The van der Waals surface area contributed by atoms with Crippen LogP contribution >= 0.6 is 0 Å². The van der Waals surface area contributed by atoms with E-state index in [-0.39, 0.29) is 30.7 Å². The fourth-order valence-electron chi connectivity index (χ4n) is 4.83. The lowest BCUT2D eigenvalue weighted by atomic mass is 9.97. The van der Waals surface area contributed by atoms with E-state index in [1.807, 2.05) is 69.3 Å². The number of nitrogens with one attached hydrogen (secondary N) is 2. The first-order valence-corrected chi connectivity index (χ1v) is 13.7. The van der Waals surface area contributed by atoms with Crippen molar-refractivity contribution in [3.8, 4) is 0 Å². The van der Waals surface area contributed by atoms with Crippen LogP contribution in [0.25, 0.3) is 0 Å². The van der Waals surface area contributed by atoms with E-state index in [1.165, 1.54) is 0 Å². The smallest absolute Gasteiger partial charge is 0.408 e. The van der Waals surface area contributed by atoms with Crippen molar-refractivity contribution in [2.45, 2.75) is 91.1 Å². The van der Waals surface area contributed by atoms with Crippen molar-refractivity contribution in [3.63, 3.8) is 0 Å². The van der Waals surface area contributed by atoms with Gasteiger partial charge >= 0.3 is 6.09 Å². The number of hydrogen-bond acceptors (Lipinski definition) is 5. The molecular formula is C31H42N4O5. The van der Waals surface area contributed by atoms with Crippen LogP contribution < -0.4 is 16.4 Å². The van der Waals surface area contributed by atoms with Crippen molar-refractivity contribution in [3.05, 3.63) is 70.8 Å². The summed E-state index contributed by atoms with van der Waals surface area (Å²) < 4.78 is 5.40. The number of benzene rings is 2. The summed E-state index contributed by atoms with van der Waals surface area (Å²) >= 11 is 0. The van der Waals surface area contributed by atoms with Crippen LogP contribution in [0.5, 0.6) is 0 Å². The molecular weight excluding hydrogens is 508 g/mol. The maximum Gasteiger partial charge on any atom is 0.408 e. The van der Waals surface area contributed by atoms with Crippen molar-refractivity contribution in [1.29, 1.82) is 0 Å². The van der Waals surface area contributed by atoms with Crippen molar-refractivity contribution >= 4 is 23.8 Å². The molecule has 3 rings (SSSR count). The zero-order valence-corrected chi connectivity index (χ0v) is 24.3. The van der Waals surface area contributed by atoms with Gasteiger partial charge in [-0.15, -0.1) is 0 Å². The minimum absolute atomic E-state index is 0.0176. The molecule has 0 bridgehead atoms. The minimum atomic E-state index is -1.11. The van der Waals surface area contributed by atoms with Crippen molar-refractivity contribution in [2.75, 3.05) is 0 Å². The average molecular weight is 551 g/mol. The van der Waals surface area contributed by atoms with Crippen LogP contribution in [0.4, 0.5) is 4.79 Å². The lowest BCUT2D eigenvalue weighted by Crippen LogP contribution is -2.54. The second-order valence-corrected chi connectivity index (χ2v) is 11.8. The molecule has 0 heterocycles. The summed E-state index contributed by atoms with van der Waals surface area (Å²) in [6, 6.07) is 13.1. The topological polar surface area (TPSA) is 131 Å². The Labute approximate surface area is 236 Å². The van der Waals surface area contributed by atoms with Gasteiger partial charge in [0.2, 0.25) is 17.7 Å². The Balaban J connectivity index is 2.01. The van der Waals surface area contributed by atoms with E-state index >= 15 is 0 Å². The van der Waals surface area contributed by atoms with Crippen LogP contribution in [-0.4, -0.2) is 46.4 Å². The molecule has 2 aromatic rings. The van der Waals surface area contributed by atoms with E-state index in [2.05, 4.69) is 10.6 Å². The standard InChI is InChI=1S/C31H42N4O5/c1-19-14-20(2)16-23(15-19)27(28(37)33-18-22-10-8-7-9-11-22)35(25-17-21(25)3)29(38)24(12-13-26(32)36)34-30(39)40-31(4,5)6/h7-11,14-16,21,24-25,27H,12-13,17-18H2,1-6H3,(H2,32,36)(H,33,37)(H,34,39). The van der Waals surface area contributed by atoms with Gasteiger partial charge in [-0.1, -0.05) is 66.6 Å². The summed E-state index contributed by atoms with van der Waals surface area (Å²) in [6.45, 7) is 11.4. The van der Waals surface area contributed by atoms with Gasteiger partial charge in [0.15, 0.2) is 0 Å². The number of ether oxygens (including phenoxy) is 1. The molecule has 216 valence electrons. The van der Waals surface area contributed by atoms with Gasteiger partial charge in [0, 0.05) is 19.0 Å². The minimum Gasteiger partial charge on any atom is -0.444 e. The lowest BCUT2D eigenvalue weighted by molar-refractivity contribution is -0.143. The van der Waals surface area contributed by atoms with Crippen LogP contribution in [0.3, 0.4) is 0 Å². The molecule has 9 nitrogen and oxygen atoms in total. The normalized spacial score (nSPS) is 17.8. The van der Waals surface area contributed by atoms with Gasteiger partial charge in [-0.2, -0.15) is 0 Å². The van der Waals surface area contributed by atoms with E-state index < -0.39 is 35.6 Å². The molecule has 1 saturated carbocycles. The zero-order valence-electron chi connectivity index (χ0n) is 24.3. The highest BCUT2D eigenvalue weighted by molar-refractivity contribution is 5.93. The molecule has 1 aliphatic rings. The van der Waals surface area contributed by atoms with E-state index in [1.54, 1.807) is 25.7 Å². The summed E-state index contributed by atoms with van der Waals surface area (Å²) in [4.78, 5) is 54.2. The maximum atomic E-state index is 14.3. The molecule has 1 fully saturated rings. The third-order valence-corrected chi connectivity index (χ3v) is 6.74. The van der Waals surface area contributed by atoms with E-state index in [9.17, 15) is 19.2 Å². The number of primary amides is 1. The second-order valence-electron chi connectivity index (χ2n) is 11.8.